The third-order valence-corrected chi connectivity index (χ3v) is 7.67. The quantitative estimate of drug-likeness (QED) is 0.736. The van der Waals surface area contributed by atoms with Gasteiger partial charge in [-0.05, 0) is 98.3 Å². The van der Waals surface area contributed by atoms with E-state index in [0.29, 0.717) is 29.3 Å². The first-order valence-electron chi connectivity index (χ1n) is 10.1. The van der Waals surface area contributed by atoms with Gasteiger partial charge in [0.1, 0.15) is 11.5 Å². The Morgan fingerprint density at radius 3 is 2.04 bits per heavy atom. The van der Waals surface area contributed by atoms with E-state index < -0.39 is 0 Å². The number of phenols is 2. The summed E-state index contributed by atoms with van der Waals surface area (Å²) in [6.07, 6.45) is 5.00. The summed E-state index contributed by atoms with van der Waals surface area (Å²) < 4.78 is 0. The van der Waals surface area contributed by atoms with Crippen LogP contribution in [0.25, 0.3) is 0 Å². The molecule has 5 rings (SSSR count). The van der Waals surface area contributed by atoms with Gasteiger partial charge in [0, 0.05) is 0 Å². The molecule has 3 fully saturated rings. The molecule has 2 heteroatoms. The van der Waals surface area contributed by atoms with Crippen molar-refractivity contribution in [2.75, 3.05) is 0 Å². The van der Waals surface area contributed by atoms with Crippen LogP contribution in [0.5, 0.6) is 11.5 Å². The van der Waals surface area contributed by atoms with E-state index in [1.807, 2.05) is 24.3 Å². The molecule has 0 amide bonds. The maximum absolute atomic E-state index is 10.4. The first kappa shape index (κ1) is 16.2. The molecule has 3 saturated carbocycles. The highest BCUT2D eigenvalue weighted by atomic mass is 16.3. The van der Waals surface area contributed by atoms with Crippen LogP contribution in [0.15, 0.2) is 36.4 Å². The van der Waals surface area contributed by atoms with E-state index in [9.17, 15) is 10.2 Å². The van der Waals surface area contributed by atoms with Gasteiger partial charge in [-0.3, -0.25) is 0 Å². The Bertz CT molecular complexity index is 855. The molecular formula is C24H28O2. The third-order valence-electron chi connectivity index (χ3n) is 7.67. The van der Waals surface area contributed by atoms with Gasteiger partial charge in [0.2, 0.25) is 0 Å². The van der Waals surface area contributed by atoms with Gasteiger partial charge in [-0.15, -0.1) is 0 Å². The Morgan fingerprint density at radius 2 is 1.31 bits per heavy atom. The number of aromatic hydroxyl groups is 2. The van der Waals surface area contributed by atoms with E-state index in [2.05, 4.69) is 26.0 Å². The standard InChI is InChI=1S/C24H28O2/c1-13-3-5-23(25)18(7-13)16-9-17-15-10-20(19(17)12-16)21(11-15)22-8-14(2)4-6-24(22)26/h3-8,15-17,19-21,25-26H,9-12H2,1-2H3. The summed E-state index contributed by atoms with van der Waals surface area (Å²) >= 11 is 0. The Morgan fingerprint density at radius 1 is 0.692 bits per heavy atom. The number of fused-ring (bicyclic) bond motifs is 5. The van der Waals surface area contributed by atoms with Crippen molar-refractivity contribution in [2.45, 2.75) is 51.4 Å². The predicted molar refractivity (Wildman–Crippen MR) is 104 cm³/mol. The lowest BCUT2D eigenvalue weighted by atomic mass is 9.73. The van der Waals surface area contributed by atoms with Crippen molar-refractivity contribution in [1.82, 2.24) is 0 Å². The highest BCUT2D eigenvalue weighted by molar-refractivity contribution is 5.42. The number of hydrogen-bond donors (Lipinski definition) is 2. The van der Waals surface area contributed by atoms with Gasteiger partial charge in [-0.25, -0.2) is 0 Å². The maximum Gasteiger partial charge on any atom is 0.119 e. The molecule has 0 aromatic heterocycles. The lowest BCUT2D eigenvalue weighted by molar-refractivity contribution is 0.230. The Kier molecular flexibility index (Phi) is 3.60. The van der Waals surface area contributed by atoms with Crippen LogP contribution < -0.4 is 0 Å². The minimum atomic E-state index is 0.473. The molecule has 2 nitrogen and oxygen atoms in total. The molecule has 6 atom stereocenters. The van der Waals surface area contributed by atoms with Crippen LogP contribution in [0.3, 0.4) is 0 Å². The summed E-state index contributed by atoms with van der Waals surface area (Å²) in [5.41, 5.74) is 4.82. The second-order valence-corrected chi connectivity index (χ2v) is 9.12. The molecule has 0 spiro atoms. The molecule has 0 radical (unpaired) electrons. The van der Waals surface area contributed by atoms with Crippen molar-refractivity contribution >= 4 is 0 Å². The van der Waals surface area contributed by atoms with Gasteiger partial charge in [0.15, 0.2) is 0 Å². The summed E-state index contributed by atoms with van der Waals surface area (Å²) in [6.45, 7) is 4.23. The second-order valence-electron chi connectivity index (χ2n) is 9.12. The lowest BCUT2D eigenvalue weighted by Gasteiger charge is -2.32. The van der Waals surface area contributed by atoms with E-state index in [-0.39, 0.29) is 0 Å². The van der Waals surface area contributed by atoms with Crippen molar-refractivity contribution < 1.29 is 10.2 Å². The molecule has 2 aromatic rings. The molecule has 2 N–H and O–H groups in total. The molecule has 0 saturated heterocycles. The summed E-state index contributed by atoms with van der Waals surface area (Å²) in [5, 5.41) is 20.8. The van der Waals surface area contributed by atoms with Crippen molar-refractivity contribution in [2.24, 2.45) is 23.7 Å². The predicted octanol–water partition coefficient (Wildman–Crippen LogP) is 5.65. The Hall–Kier alpha value is -1.96. The number of phenolic OH excluding ortho intramolecular Hbond substituents is 2. The van der Waals surface area contributed by atoms with E-state index in [4.69, 9.17) is 0 Å². The topological polar surface area (TPSA) is 40.5 Å². The van der Waals surface area contributed by atoms with Gasteiger partial charge in [-0.1, -0.05) is 35.4 Å². The average Bonchev–Trinajstić information content (AvgIpc) is 3.30. The molecule has 3 aliphatic rings. The smallest absolute Gasteiger partial charge is 0.119 e. The number of benzene rings is 2. The van der Waals surface area contributed by atoms with Crippen LogP contribution in [0.2, 0.25) is 0 Å². The average molecular weight is 348 g/mol. The van der Waals surface area contributed by atoms with E-state index in [0.717, 1.165) is 23.3 Å². The number of hydrogen-bond acceptors (Lipinski definition) is 2. The monoisotopic (exact) mass is 348 g/mol. The van der Waals surface area contributed by atoms with E-state index in [1.54, 1.807) is 0 Å². The maximum atomic E-state index is 10.4. The molecule has 0 heterocycles. The largest absolute Gasteiger partial charge is 0.508 e. The summed E-state index contributed by atoms with van der Waals surface area (Å²) in [6, 6.07) is 12.1. The number of rotatable bonds is 2. The van der Waals surface area contributed by atoms with Crippen molar-refractivity contribution in [3.8, 4) is 11.5 Å². The zero-order valence-corrected chi connectivity index (χ0v) is 15.7. The Balaban J connectivity index is 1.42. The fraction of sp³-hybridized carbons (Fsp3) is 0.500. The molecule has 2 aromatic carbocycles. The first-order valence-corrected chi connectivity index (χ1v) is 10.1. The van der Waals surface area contributed by atoms with Crippen LogP contribution in [0.4, 0.5) is 0 Å². The summed E-state index contributed by atoms with van der Waals surface area (Å²) in [5.74, 6) is 5.04. The molecule has 26 heavy (non-hydrogen) atoms. The molecule has 2 bridgehead atoms. The van der Waals surface area contributed by atoms with Crippen LogP contribution in [-0.2, 0) is 0 Å². The molecular weight excluding hydrogens is 320 g/mol. The number of aryl methyl sites for hydroxylation is 2. The van der Waals surface area contributed by atoms with Crippen LogP contribution in [0.1, 0.15) is 59.8 Å². The summed E-state index contributed by atoms with van der Waals surface area (Å²) in [4.78, 5) is 0. The van der Waals surface area contributed by atoms with Gasteiger partial charge >= 0.3 is 0 Å². The SMILES string of the molecule is Cc1ccc(O)c(C2CC3C4CC(c5cc(C)ccc5O)C(C4)C3C2)c1. The molecule has 3 aliphatic carbocycles. The second kappa shape index (κ2) is 5.77. The van der Waals surface area contributed by atoms with Gasteiger partial charge in [-0.2, -0.15) is 0 Å². The highest BCUT2D eigenvalue weighted by Crippen LogP contribution is 2.66. The van der Waals surface area contributed by atoms with Crippen molar-refractivity contribution in [3.63, 3.8) is 0 Å². The van der Waals surface area contributed by atoms with Crippen molar-refractivity contribution in [1.29, 1.82) is 0 Å². The van der Waals surface area contributed by atoms with E-state index >= 15 is 0 Å². The van der Waals surface area contributed by atoms with Crippen LogP contribution in [-0.4, -0.2) is 10.2 Å². The van der Waals surface area contributed by atoms with Gasteiger partial charge < -0.3 is 10.2 Å². The van der Waals surface area contributed by atoms with Crippen molar-refractivity contribution in [3.05, 3.63) is 58.7 Å². The van der Waals surface area contributed by atoms with E-state index in [1.165, 1.54) is 42.4 Å². The lowest BCUT2D eigenvalue weighted by Crippen LogP contribution is -2.23. The Labute approximate surface area is 155 Å². The molecule has 6 unspecified atom stereocenters. The highest BCUT2D eigenvalue weighted by Gasteiger charge is 2.56. The first-order chi connectivity index (χ1) is 12.5. The normalized spacial score (nSPS) is 35.0. The minimum absolute atomic E-state index is 0.473. The van der Waals surface area contributed by atoms with Gasteiger partial charge in [0.25, 0.3) is 0 Å². The fourth-order valence-corrected chi connectivity index (χ4v) is 6.65. The van der Waals surface area contributed by atoms with Gasteiger partial charge in [0.05, 0.1) is 0 Å². The molecule has 0 aliphatic heterocycles. The summed E-state index contributed by atoms with van der Waals surface area (Å²) in [7, 11) is 0. The van der Waals surface area contributed by atoms with Crippen LogP contribution in [0, 0.1) is 37.5 Å². The fourth-order valence-electron chi connectivity index (χ4n) is 6.65. The minimum Gasteiger partial charge on any atom is -0.508 e. The zero-order chi connectivity index (χ0) is 18.0. The third kappa shape index (κ3) is 2.38. The zero-order valence-electron chi connectivity index (χ0n) is 15.7. The van der Waals surface area contributed by atoms with Crippen LogP contribution >= 0.6 is 0 Å². The molecule has 136 valence electrons.